The summed E-state index contributed by atoms with van der Waals surface area (Å²) in [6.07, 6.45) is 4.81. The van der Waals surface area contributed by atoms with Crippen molar-refractivity contribution in [1.29, 1.82) is 5.26 Å². The lowest BCUT2D eigenvalue weighted by Crippen LogP contribution is -2.55. The topological polar surface area (TPSA) is 111 Å². The Morgan fingerprint density at radius 1 is 1.26 bits per heavy atom. The second-order valence-electron chi connectivity index (χ2n) is 7.92. The number of thiazole rings is 1. The normalized spacial score (nSPS) is 24.7. The second kappa shape index (κ2) is 7.83. The highest BCUT2D eigenvalue weighted by atomic mass is 32.1. The van der Waals surface area contributed by atoms with Crippen LogP contribution < -0.4 is 10.2 Å². The van der Waals surface area contributed by atoms with Gasteiger partial charge in [-0.05, 0) is 37.0 Å². The molecule has 0 spiro atoms. The Hall–Kier alpha value is -3.16. The van der Waals surface area contributed by atoms with E-state index in [4.69, 9.17) is 5.26 Å². The Kier molecular flexibility index (Phi) is 5.00. The largest absolute Gasteiger partial charge is 0.507 e. The molecule has 2 fully saturated rings. The van der Waals surface area contributed by atoms with Gasteiger partial charge in [0.15, 0.2) is 16.6 Å². The van der Waals surface area contributed by atoms with E-state index in [2.05, 4.69) is 25.5 Å². The fourth-order valence-corrected chi connectivity index (χ4v) is 5.12. The smallest absolute Gasteiger partial charge is 0.194 e. The van der Waals surface area contributed by atoms with Crippen molar-refractivity contribution >= 4 is 17.2 Å². The zero-order valence-corrected chi connectivity index (χ0v) is 17.6. The Morgan fingerprint density at radius 3 is 2.84 bits per heavy atom. The molecule has 0 unspecified atom stereocenters. The second-order valence-corrected chi connectivity index (χ2v) is 8.95. The summed E-state index contributed by atoms with van der Waals surface area (Å²) in [7, 11) is 1.82. The molecule has 2 aromatic heterocycles. The maximum absolute atomic E-state index is 14.8. The van der Waals surface area contributed by atoms with Crippen LogP contribution in [0.2, 0.25) is 0 Å². The first-order chi connectivity index (χ1) is 15.0. The average Bonchev–Trinajstić information content (AvgIpc) is 3.43. The summed E-state index contributed by atoms with van der Waals surface area (Å²) < 4.78 is 14.8. The summed E-state index contributed by atoms with van der Waals surface area (Å²) in [5, 5.41) is 31.5. The monoisotopic (exact) mass is 437 g/mol. The number of nitriles is 1. The van der Waals surface area contributed by atoms with Gasteiger partial charge in [-0.15, -0.1) is 21.5 Å². The van der Waals surface area contributed by atoms with Gasteiger partial charge in [0, 0.05) is 25.3 Å². The quantitative estimate of drug-likeness (QED) is 0.641. The Labute approximate surface area is 182 Å². The van der Waals surface area contributed by atoms with Crippen LogP contribution in [0.3, 0.4) is 0 Å². The Balaban J connectivity index is 1.35. The fraction of sp³-hybridized carbons (Fsp3) is 0.381. The number of rotatable bonds is 4. The molecule has 0 aliphatic carbocycles. The van der Waals surface area contributed by atoms with Crippen molar-refractivity contribution in [3.8, 4) is 33.6 Å². The summed E-state index contributed by atoms with van der Waals surface area (Å²) in [5.74, 6) is 0.791. The predicted molar refractivity (Wildman–Crippen MR) is 114 cm³/mol. The van der Waals surface area contributed by atoms with Crippen molar-refractivity contribution in [3.63, 3.8) is 0 Å². The van der Waals surface area contributed by atoms with Gasteiger partial charge >= 0.3 is 0 Å². The number of benzene rings is 1. The molecule has 3 aromatic rings. The molecule has 2 N–H and O–H groups in total. The summed E-state index contributed by atoms with van der Waals surface area (Å²) >= 11 is 1.25. The number of hydrogen-bond donors (Lipinski definition) is 2. The molecule has 0 amide bonds. The van der Waals surface area contributed by atoms with Crippen LogP contribution in [0.15, 0.2) is 30.6 Å². The van der Waals surface area contributed by atoms with E-state index in [1.165, 1.54) is 11.3 Å². The van der Waals surface area contributed by atoms with Gasteiger partial charge in [0.25, 0.3) is 0 Å². The Morgan fingerprint density at radius 2 is 2.13 bits per heavy atom. The molecule has 10 heteroatoms. The highest BCUT2D eigenvalue weighted by Gasteiger charge is 2.43. The van der Waals surface area contributed by atoms with Crippen molar-refractivity contribution in [2.75, 3.05) is 11.9 Å². The van der Waals surface area contributed by atoms with Gasteiger partial charge in [-0.2, -0.15) is 5.26 Å². The molecule has 2 saturated heterocycles. The van der Waals surface area contributed by atoms with Gasteiger partial charge in [-0.3, -0.25) is 0 Å². The zero-order chi connectivity index (χ0) is 21.5. The molecule has 158 valence electrons. The molecule has 0 radical (unpaired) electrons. The van der Waals surface area contributed by atoms with E-state index in [1.807, 2.05) is 24.1 Å². The third-order valence-electron chi connectivity index (χ3n) is 6.09. The van der Waals surface area contributed by atoms with Gasteiger partial charge in [0.1, 0.15) is 18.0 Å². The van der Waals surface area contributed by atoms with Crippen LogP contribution in [-0.2, 0) is 0 Å². The molecule has 1 aromatic carbocycles. The molecule has 2 aliphatic heterocycles. The van der Waals surface area contributed by atoms with Gasteiger partial charge in [0.05, 0.1) is 22.7 Å². The van der Waals surface area contributed by atoms with Crippen molar-refractivity contribution in [2.24, 2.45) is 0 Å². The van der Waals surface area contributed by atoms with E-state index >= 15 is 0 Å². The zero-order valence-electron chi connectivity index (χ0n) is 16.7. The first kappa shape index (κ1) is 19.8. The minimum atomic E-state index is -0.963. The van der Waals surface area contributed by atoms with Gasteiger partial charge in [-0.25, -0.2) is 14.4 Å². The van der Waals surface area contributed by atoms with Crippen molar-refractivity contribution < 1.29 is 9.50 Å². The molecule has 2 aliphatic rings. The summed E-state index contributed by atoms with van der Waals surface area (Å²) in [4.78, 5) is 11.0. The fourth-order valence-electron chi connectivity index (χ4n) is 4.41. The summed E-state index contributed by atoms with van der Waals surface area (Å²) in [6.45, 7) is 0. The summed E-state index contributed by atoms with van der Waals surface area (Å²) in [6, 6.07) is 7.11. The lowest BCUT2D eigenvalue weighted by Gasteiger charge is -2.38. The highest BCUT2D eigenvalue weighted by molar-refractivity contribution is 7.15. The van der Waals surface area contributed by atoms with E-state index in [0.717, 1.165) is 29.7 Å². The number of phenols is 1. The number of halogens is 1. The average molecular weight is 438 g/mol. The maximum atomic E-state index is 14.8. The molecular formula is C21H20FN7OS. The van der Waals surface area contributed by atoms with E-state index in [1.54, 1.807) is 24.5 Å². The number of hydrogen-bond acceptors (Lipinski definition) is 9. The molecule has 8 nitrogen and oxygen atoms in total. The number of nitrogens with one attached hydrogen (secondary N) is 1. The molecule has 0 saturated carbocycles. The molecule has 4 atom stereocenters. The third kappa shape index (κ3) is 3.60. The van der Waals surface area contributed by atoms with Crippen LogP contribution in [-0.4, -0.2) is 56.6 Å². The SMILES string of the molecule is CN(c1cnc(-c2ccc(-c3cnc(C#N)s3)cc2O)nn1)[C@H]1C[C@@H]2CC[C@@H](N2)[C@H]1F. The molecule has 2 bridgehead atoms. The third-order valence-corrected chi connectivity index (χ3v) is 7.04. The summed E-state index contributed by atoms with van der Waals surface area (Å²) in [5.41, 5.74) is 1.19. The molecule has 31 heavy (non-hydrogen) atoms. The van der Waals surface area contributed by atoms with Gasteiger partial charge in [-0.1, -0.05) is 6.07 Å². The van der Waals surface area contributed by atoms with Crippen molar-refractivity contribution in [3.05, 3.63) is 35.6 Å². The van der Waals surface area contributed by atoms with Gasteiger partial charge < -0.3 is 15.3 Å². The van der Waals surface area contributed by atoms with Crippen LogP contribution in [0.5, 0.6) is 5.75 Å². The standard InChI is InChI=1S/C21H20FN7OS/c1-29(15-7-12-3-5-14(26-12)20(15)22)18-10-25-21(28-27-18)13-4-2-11(6-16(13)30)17-9-24-19(8-23)31-17/h2,4,6,9-10,12,14-15,20,26,30H,3,5,7H2,1H3/t12-,14+,15-,20+/m0/s1. The first-order valence-electron chi connectivity index (χ1n) is 10.1. The lowest BCUT2D eigenvalue weighted by atomic mass is 9.96. The number of nitrogens with zero attached hydrogens (tertiary/aromatic N) is 6. The van der Waals surface area contributed by atoms with Crippen LogP contribution in [0, 0.1) is 11.3 Å². The van der Waals surface area contributed by atoms with Crippen LogP contribution in [0.4, 0.5) is 10.2 Å². The lowest BCUT2D eigenvalue weighted by molar-refractivity contribution is 0.176. The first-order valence-corrected chi connectivity index (χ1v) is 10.9. The van der Waals surface area contributed by atoms with E-state index in [-0.39, 0.29) is 23.7 Å². The number of phenolic OH excluding ortho intramolecular Hbond substituents is 1. The van der Waals surface area contributed by atoms with Gasteiger partial charge in [0.2, 0.25) is 0 Å². The Bertz CT molecular complexity index is 1150. The predicted octanol–water partition coefficient (Wildman–Crippen LogP) is 2.91. The maximum Gasteiger partial charge on any atom is 0.194 e. The van der Waals surface area contributed by atoms with Crippen molar-refractivity contribution in [2.45, 2.75) is 43.6 Å². The molecule has 4 heterocycles. The number of anilines is 1. The van der Waals surface area contributed by atoms with Crippen LogP contribution >= 0.6 is 11.3 Å². The number of aromatic nitrogens is 4. The highest BCUT2D eigenvalue weighted by Crippen LogP contribution is 2.35. The van der Waals surface area contributed by atoms with Crippen LogP contribution in [0.1, 0.15) is 24.3 Å². The number of alkyl halides is 1. The number of fused-ring (bicyclic) bond motifs is 2. The number of aromatic hydroxyl groups is 1. The van der Waals surface area contributed by atoms with Crippen molar-refractivity contribution in [1.82, 2.24) is 25.5 Å². The minimum absolute atomic E-state index is 0.00562. The molecule has 5 rings (SSSR count). The minimum Gasteiger partial charge on any atom is -0.507 e. The van der Waals surface area contributed by atoms with E-state index < -0.39 is 6.17 Å². The van der Waals surface area contributed by atoms with E-state index in [0.29, 0.717) is 22.4 Å². The molecular weight excluding hydrogens is 417 g/mol. The van der Waals surface area contributed by atoms with E-state index in [9.17, 15) is 9.50 Å². The number of piperidine rings is 1. The van der Waals surface area contributed by atoms with Crippen LogP contribution in [0.25, 0.3) is 21.8 Å².